The molecule has 2 N–H and O–H groups in total. The van der Waals surface area contributed by atoms with Gasteiger partial charge < -0.3 is 19.6 Å². The summed E-state index contributed by atoms with van der Waals surface area (Å²) in [6.45, 7) is 1.55. The largest absolute Gasteiger partial charge is 0.467 e. The average molecular weight is 442 g/mol. The lowest BCUT2D eigenvalue weighted by Gasteiger charge is -2.12. The molecule has 0 radical (unpaired) electrons. The van der Waals surface area contributed by atoms with E-state index in [2.05, 4.69) is 75.2 Å². The molecule has 0 aliphatic rings. The highest BCUT2D eigenvalue weighted by atomic mass is 32.1. The van der Waals surface area contributed by atoms with E-state index in [-0.39, 0.29) is 6.03 Å². The maximum Gasteiger partial charge on any atom is 0.315 e. The minimum Gasteiger partial charge on any atom is -0.467 e. The Bertz CT molecular complexity index is 1310. The first kappa shape index (κ1) is 20.2. The monoisotopic (exact) mass is 441 g/mol. The van der Waals surface area contributed by atoms with Gasteiger partial charge in [0.2, 0.25) is 0 Å². The fourth-order valence-corrected chi connectivity index (χ4v) is 4.80. The van der Waals surface area contributed by atoms with Gasteiger partial charge in [0.1, 0.15) is 5.76 Å². The molecule has 0 bridgehead atoms. The molecule has 2 amide bonds. The Balaban J connectivity index is 1.48. The van der Waals surface area contributed by atoms with Gasteiger partial charge in [-0.3, -0.25) is 0 Å². The van der Waals surface area contributed by atoms with Gasteiger partial charge in [-0.25, -0.2) is 4.79 Å². The van der Waals surface area contributed by atoms with Crippen molar-refractivity contribution in [2.24, 2.45) is 0 Å². The van der Waals surface area contributed by atoms with Crippen LogP contribution >= 0.6 is 11.3 Å². The van der Waals surface area contributed by atoms with Crippen LogP contribution in [0.2, 0.25) is 0 Å². The zero-order chi connectivity index (χ0) is 21.8. The number of nitrogens with one attached hydrogen (secondary N) is 2. The number of nitrogens with zero attached hydrogens (tertiary/aromatic N) is 1. The lowest BCUT2D eigenvalue weighted by molar-refractivity contribution is 0.239. The van der Waals surface area contributed by atoms with Crippen molar-refractivity contribution in [2.45, 2.75) is 19.6 Å². The minimum atomic E-state index is -0.224. The van der Waals surface area contributed by atoms with Gasteiger partial charge >= 0.3 is 6.03 Å². The highest BCUT2D eigenvalue weighted by Gasteiger charge is 2.20. The highest BCUT2D eigenvalue weighted by Crippen LogP contribution is 2.36. The van der Waals surface area contributed by atoms with Crippen LogP contribution in [-0.2, 0) is 19.6 Å². The molecule has 3 aromatic heterocycles. The number of benzene rings is 2. The molecule has 0 aliphatic heterocycles. The van der Waals surface area contributed by atoms with E-state index in [4.69, 9.17) is 4.42 Å². The zero-order valence-corrected chi connectivity index (χ0v) is 18.3. The van der Waals surface area contributed by atoms with Gasteiger partial charge in [-0.05, 0) is 35.2 Å². The first-order valence-corrected chi connectivity index (χ1v) is 11.4. The molecular formula is C26H23N3O2S. The number of amides is 2. The SMILES string of the molecule is O=C(NCc1ccco1)NCc1c(-c2cccs2)n(Cc2ccccc2)c2ccccc12. The van der Waals surface area contributed by atoms with E-state index >= 15 is 0 Å². The van der Waals surface area contributed by atoms with E-state index in [0.717, 1.165) is 34.5 Å². The number of para-hydroxylation sites is 1. The average Bonchev–Trinajstić information content (AvgIpc) is 3.58. The predicted molar refractivity (Wildman–Crippen MR) is 129 cm³/mol. The summed E-state index contributed by atoms with van der Waals surface area (Å²) < 4.78 is 7.64. The predicted octanol–water partition coefficient (Wildman–Crippen LogP) is 6.01. The van der Waals surface area contributed by atoms with Crippen molar-refractivity contribution in [3.63, 3.8) is 0 Å². The van der Waals surface area contributed by atoms with Gasteiger partial charge in [0.25, 0.3) is 0 Å². The fourth-order valence-electron chi connectivity index (χ4n) is 3.99. The maximum atomic E-state index is 12.5. The number of furan rings is 1. The molecule has 2 aromatic carbocycles. The van der Waals surface area contributed by atoms with Gasteiger partial charge in [0, 0.05) is 29.6 Å². The van der Waals surface area contributed by atoms with Crippen LogP contribution in [0.4, 0.5) is 4.79 Å². The number of hydrogen-bond donors (Lipinski definition) is 2. The van der Waals surface area contributed by atoms with Crippen molar-refractivity contribution < 1.29 is 9.21 Å². The standard InChI is InChI=1S/C26H23N3O2S/c30-26(27-16-20-10-6-14-31-20)28-17-22-21-11-4-5-12-23(21)29(18-19-8-2-1-3-9-19)25(22)24-13-7-15-32-24/h1-15H,16-18H2,(H2,27,28,30). The third-order valence-electron chi connectivity index (χ3n) is 5.44. The summed E-state index contributed by atoms with van der Waals surface area (Å²) in [6.07, 6.45) is 1.60. The minimum absolute atomic E-state index is 0.224. The molecule has 5 aromatic rings. The smallest absolute Gasteiger partial charge is 0.315 e. The Morgan fingerprint density at radius 2 is 1.69 bits per heavy atom. The number of hydrogen-bond acceptors (Lipinski definition) is 3. The molecule has 0 aliphatic carbocycles. The number of thiophene rings is 1. The number of aromatic nitrogens is 1. The summed E-state index contributed by atoms with van der Waals surface area (Å²) in [4.78, 5) is 13.7. The molecule has 0 atom stereocenters. The van der Waals surface area contributed by atoms with Crippen molar-refractivity contribution in [3.8, 4) is 10.6 Å². The van der Waals surface area contributed by atoms with E-state index in [1.165, 1.54) is 10.4 Å². The lowest BCUT2D eigenvalue weighted by Crippen LogP contribution is -2.34. The van der Waals surface area contributed by atoms with E-state index in [1.54, 1.807) is 17.6 Å². The number of rotatable bonds is 7. The maximum absolute atomic E-state index is 12.5. The normalized spacial score (nSPS) is 11.0. The van der Waals surface area contributed by atoms with Crippen LogP contribution in [0.1, 0.15) is 16.9 Å². The molecule has 3 heterocycles. The molecule has 0 saturated heterocycles. The van der Waals surface area contributed by atoms with Gasteiger partial charge in [0.15, 0.2) is 0 Å². The summed E-state index contributed by atoms with van der Waals surface area (Å²) in [5.74, 6) is 0.721. The Morgan fingerprint density at radius 1 is 0.875 bits per heavy atom. The van der Waals surface area contributed by atoms with Crippen molar-refractivity contribution in [1.29, 1.82) is 0 Å². The quantitative estimate of drug-likeness (QED) is 0.325. The molecule has 0 fully saturated rings. The second-order valence-electron chi connectivity index (χ2n) is 7.51. The number of urea groups is 1. The van der Waals surface area contributed by atoms with Crippen LogP contribution in [0.25, 0.3) is 21.5 Å². The van der Waals surface area contributed by atoms with Crippen LogP contribution in [0, 0.1) is 0 Å². The second-order valence-corrected chi connectivity index (χ2v) is 8.46. The van der Waals surface area contributed by atoms with Crippen LogP contribution < -0.4 is 10.6 Å². The number of carbonyl (C=O) groups is 1. The Kier molecular flexibility index (Phi) is 5.77. The topological polar surface area (TPSA) is 59.2 Å². The molecule has 5 nitrogen and oxygen atoms in total. The van der Waals surface area contributed by atoms with E-state index < -0.39 is 0 Å². The summed E-state index contributed by atoms with van der Waals surface area (Å²) in [7, 11) is 0. The van der Waals surface area contributed by atoms with Crippen molar-refractivity contribution in [2.75, 3.05) is 0 Å². The lowest BCUT2D eigenvalue weighted by atomic mass is 10.1. The Hall–Kier alpha value is -3.77. The summed E-state index contributed by atoms with van der Waals surface area (Å²) >= 11 is 1.71. The second kappa shape index (κ2) is 9.16. The third-order valence-corrected chi connectivity index (χ3v) is 6.32. The van der Waals surface area contributed by atoms with Gasteiger partial charge in [-0.1, -0.05) is 54.6 Å². The van der Waals surface area contributed by atoms with Gasteiger partial charge in [-0.15, -0.1) is 11.3 Å². The third kappa shape index (κ3) is 4.18. The van der Waals surface area contributed by atoms with E-state index in [0.29, 0.717) is 13.1 Å². The molecule has 0 unspecified atom stereocenters. The van der Waals surface area contributed by atoms with Crippen LogP contribution in [0.15, 0.2) is 94.9 Å². The summed E-state index contributed by atoms with van der Waals surface area (Å²) in [5.41, 5.74) is 4.66. The van der Waals surface area contributed by atoms with Crippen molar-refractivity contribution in [3.05, 3.63) is 107 Å². The van der Waals surface area contributed by atoms with Crippen molar-refractivity contribution >= 4 is 28.3 Å². The van der Waals surface area contributed by atoms with Crippen LogP contribution in [0.5, 0.6) is 0 Å². The van der Waals surface area contributed by atoms with E-state index in [1.807, 2.05) is 24.3 Å². The van der Waals surface area contributed by atoms with Gasteiger partial charge in [0.05, 0.1) is 23.4 Å². The van der Waals surface area contributed by atoms with Crippen LogP contribution in [0.3, 0.4) is 0 Å². The highest BCUT2D eigenvalue weighted by molar-refractivity contribution is 7.13. The van der Waals surface area contributed by atoms with E-state index in [9.17, 15) is 4.79 Å². The van der Waals surface area contributed by atoms with Gasteiger partial charge in [-0.2, -0.15) is 0 Å². The molecule has 160 valence electrons. The number of carbonyl (C=O) groups excluding carboxylic acids is 1. The van der Waals surface area contributed by atoms with Crippen molar-refractivity contribution in [1.82, 2.24) is 15.2 Å². The molecule has 0 saturated carbocycles. The van der Waals surface area contributed by atoms with Crippen LogP contribution in [-0.4, -0.2) is 10.6 Å². The molecule has 6 heteroatoms. The Morgan fingerprint density at radius 3 is 2.47 bits per heavy atom. The summed E-state index contributed by atoms with van der Waals surface area (Å²) in [5, 5.41) is 9.13. The molecular weight excluding hydrogens is 418 g/mol. The Labute approximate surface area is 190 Å². The summed E-state index contributed by atoms with van der Waals surface area (Å²) in [6, 6.07) is 26.5. The first-order chi connectivity index (χ1) is 15.8. The molecule has 0 spiro atoms. The zero-order valence-electron chi connectivity index (χ0n) is 17.5. The molecule has 5 rings (SSSR count). The number of fused-ring (bicyclic) bond motifs is 1. The first-order valence-electron chi connectivity index (χ1n) is 10.5. The fraction of sp³-hybridized carbons (Fsp3) is 0.115. The molecule has 32 heavy (non-hydrogen) atoms.